The number of benzene rings is 2. The minimum absolute atomic E-state index is 0.0244. The Morgan fingerprint density at radius 2 is 2.00 bits per heavy atom. The quantitative estimate of drug-likeness (QED) is 0.657. The molecule has 0 spiro atoms. The molecule has 0 saturated carbocycles. The van der Waals surface area contributed by atoms with Crippen LogP contribution in [-0.4, -0.2) is 23.1 Å². The van der Waals surface area contributed by atoms with Gasteiger partial charge < -0.3 is 19.8 Å². The van der Waals surface area contributed by atoms with E-state index in [0.29, 0.717) is 29.2 Å². The summed E-state index contributed by atoms with van der Waals surface area (Å²) in [5.74, 6) is 0.903. The molecule has 0 fully saturated rings. The third-order valence-electron chi connectivity index (χ3n) is 3.52. The lowest BCUT2D eigenvalue weighted by Crippen LogP contribution is -2.21. The van der Waals surface area contributed by atoms with E-state index >= 15 is 0 Å². The van der Waals surface area contributed by atoms with Crippen molar-refractivity contribution in [1.29, 1.82) is 0 Å². The van der Waals surface area contributed by atoms with Crippen LogP contribution in [0.2, 0.25) is 0 Å². The second-order valence-electron chi connectivity index (χ2n) is 4.79. The molecule has 5 nitrogen and oxygen atoms in total. The minimum atomic E-state index is -0.267. The molecule has 0 saturated heterocycles. The van der Waals surface area contributed by atoms with Gasteiger partial charge in [0.25, 0.3) is 0 Å². The molecule has 2 aromatic rings. The molecule has 0 amide bonds. The molecule has 1 atom stereocenters. The first-order chi connectivity index (χ1) is 10.2. The van der Waals surface area contributed by atoms with Crippen molar-refractivity contribution in [2.24, 2.45) is 5.16 Å². The molecule has 0 aromatic heterocycles. The van der Waals surface area contributed by atoms with Crippen LogP contribution in [0, 0.1) is 0 Å². The third kappa shape index (κ3) is 2.38. The van der Waals surface area contributed by atoms with Crippen LogP contribution in [0.4, 0.5) is 0 Å². The predicted octanol–water partition coefficient (Wildman–Crippen LogP) is 3.10. The Morgan fingerprint density at radius 1 is 1.24 bits per heavy atom. The highest BCUT2D eigenvalue weighted by molar-refractivity contribution is 6.06. The van der Waals surface area contributed by atoms with E-state index in [-0.39, 0.29) is 11.9 Å². The third-order valence-corrected chi connectivity index (χ3v) is 3.52. The van der Waals surface area contributed by atoms with Crippen molar-refractivity contribution in [3.05, 3.63) is 53.6 Å². The predicted molar refractivity (Wildman–Crippen MR) is 77.4 cm³/mol. The van der Waals surface area contributed by atoms with Gasteiger partial charge in [0.05, 0.1) is 18.4 Å². The molecule has 108 valence electrons. The number of rotatable bonds is 2. The number of fused-ring (bicyclic) bond motifs is 1. The van der Waals surface area contributed by atoms with Gasteiger partial charge in [-0.15, -0.1) is 0 Å². The van der Waals surface area contributed by atoms with Crippen LogP contribution in [0.5, 0.6) is 17.2 Å². The molecule has 5 heteroatoms. The van der Waals surface area contributed by atoms with Crippen LogP contribution in [0.3, 0.4) is 0 Å². The van der Waals surface area contributed by atoms with Gasteiger partial charge in [-0.1, -0.05) is 35.5 Å². The number of nitrogens with zero attached hydrogens (tertiary/aromatic N) is 1. The summed E-state index contributed by atoms with van der Waals surface area (Å²) in [7, 11) is 1.51. The second-order valence-corrected chi connectivity index (χ2v) is 4.79. The number of aromatic hydroxyl groups is 1. The van der Waals surface area contributed by atoms with E-state index in [1.54, 1.807) is 6.07 Å². The lowest BCUT2D eigenvalue weighted by atomic mass is 9.95. The Hall–Kier alpha value is -2.69. The highest BCUT2D eigenvalue weighted by Gasteiger charge is 2.29. The fourth-order valence-corrected chi connectivity index (χ4v) is 2.49. The van der Waals surface area contributed by atoms with Crippen LogP contribution in [0.1, 0.15) is 23.7 Å². The lowest BCUT2D eigenvalue weighted by molar-refractivity contribution is 0.200. The van der Waals surface area contributed by atoms with Gasteiger partial charge in [-0.05, 0) is 5.56 Å². The molecule has 1 unspecified atom stereocenters. The van der Waals surface area contributed by atoms with Gasteiger partial charge >= 0.3 is 0 Å². The van der Waals surface area contributed by atoms with Crippen LogP contribution in [-0.2, 0) is 0 Å². The van der Waals surface area contributed by atoms with Gasteiger partial charge in [0.1, 0.15) is 23.4 Å². The van der Waals surface area contributed by atoms with Gasteiger partial charge in [-0.2, -0.15) is 0 Å². The Labute approximate surface area is 122 Å². The summed E-state index contributed by atoms with van der Waals surface area (Å²) >= 11 is 0. The zero-order valence-corrected chi connectivity index (χ0v) is 11.5. The van der Waals surface area contributed by atoms with Gasteiger partial charge in [0.15, 0.2) is 0 Å². The Kier molecular flexibility index (Phi) is 3.39. The Balaban J connectivity index is 2.06. The average Bonchev–Trinajstić information content (AvgIpc) is 2.54. The topological polar surface area (TPSA) is 71.3 Å². The average molecular weight is 285 g/mol. The summed E-state index contributed by atoms with van der Waals surface area (Å²) in [5.41, 5.74) is 1.78. The van der Waals surface area contributed by atoms with Crippen molar-refractivity contribution >= 4 is 5.71 Å². The molecule has 2 aromatic carbocycles. The molecular weight excluding hydrogens is 270 g/mol. The van der Waals surface area contributed by atoms with E-state index in [2.05, 4.69) is 5.16 Å². The van der Waals surface area contributed by atoms with Crippen molar-refractivity contribution in [1.82, 2.24) is 0 Å². The number of ether oxygens (including phenoxy) is 2. The van der Waals surface area contributed by atoms with Gasteiger partial charge in [-0.25, -0.2) is 0 Å². The number of hydrogen-bond acceptors (Lipinski definition) is 5. The Bertz CT molecular complexity index is 682. The maximum atomic E-state index is 10.1. The minimum Gasteiger partial charge on any atom is -0.507 e. The highest BCUT2D eigenvalue weighted by atomic mass is 16.5. The van der Waals surface area contributed by atoms with E-state index in [1.807, 2.05) is 30.3 Å². The maximum absolute atomic E-state index is 10.1. The lowest BCUT2D eigenvalue weighted by Gasteiger charge is -2.27. The smallest absolute Gasteiger partial charge is 0.136 e. The molecule has 3 rings (SSSR count). The number of phenolic OH excluding ortho intramolecular Hbond substituents is 1. The van der Waals surface area contributed by atoms with Crippen molar-refractivity contribution in [2.75, 3.05) is 7.11 Å². The van der Waals surface area contributed by atoms with Crippen LogP contribution < -0.4 is 9.47 Å². The van der Waals surface area contributed by atoms with E-state index < -0.39 is 0 Å². The zero-order chi connectivity index (χ0) is 14.8. The van der Waals surface area contributed by atoms with Crippen molar-refractivity contribution in [2.45, 2.75) is 12.5 Å². The standard InChI is InChI=1S/C16H15NO4/c1-20-11-7-13(18)16-12(17-19)9-14(21-15(16)8-11)10-5-3-2-4-6-10/h2-8,14,18-19H,9H2,1H3/b17-12-. The second kappa shape index (κ2) is 5.36. The first kappa shape index (κ1) is 13.3. The van der Waals surface area contributed by atoms with Crippen molar-refractivity contribution < 1.29 is 19.8 Å². The normalized spacial score (nSPS) is 18.9. The number of hydrogen-bond donors (Lipinski definition) is 2. The SMILES string of the molecule is COc1cc(O)c2c(c1)OC(c1ccccc1)C/C2=N/O. The van der Waals surface area contributed by atoms with Crippen LogP contribution >= 0.6 is 0 Å². The maximum Gasteiger partial charge on any atom is 0.136 e. The van der Waals surface area contributed by atoms with Gasteiger partial charge in [0, 0.05) is 18.6 Å². The fourth-order valence-electron chi connectivity index (χ4n) is 2.49. The molecule has 1 heterocycles. The molecular formula is C16H15NO4. The summed E-state index contributed by atoms with van der Waals surface area (Å²) in [6, 6.07) is 12.8. The number of methoxy groups -OCH3 is 1. The fraction of sp³-hybridized carbons (Fsp3) is 0.188. The van der Waals surface area contributed by atoms with Crippen LogP contribution in [0.25, 0.3) is 0 Å². The summed E-state index contributed by atoms with van der Waals surface area (Å²) in [6.45, 7) is 0. The monoisotopic (exact) mass is 285 g/mol. The zero-order valence-electron chi connectivity index (χ0n) is 11.5. The molecule has 0 radical (unpaired) electrons. The molecule has 1 aliphatic heterocycles. The number of oxime groups is 1. The highest BCUT2D eigenvalue weighted by Crippen LogP contribution is 2.42. The number of phenols is 1. The van der Waals surface area contributed by atoms with E-state index in [9.17, 15) is 10.3 Å². The molecule has 0 bridgehead atoms. The van der Waals surface area contributed by atoms with Crippen LogP contribution in [0.15, 0.2) is 47.6 Å². The molecule has 2 N–H and O–H groups in total. The van der Waals surface area contributed by atoms with Crippen molar-refractivity contribution in [3.63, 3.8) is 0 Å². The molecule has 1 aliphatic rings. The largest absolute Gasteiger partial charge is 0.507 e. The summed E-state index contributed by atoms with van der Waals surface area (Å²) in [4.78, 5) is 0. The van der Waals surface area contributed by atoms with Crippen molar-refractivity contribution in [3.8, 4) is 17.2 Å². The van der Waals surface area contributed by atoms with Gasteiger partial charge in [0.2, 0.25) is 0 Å². The molecule has 0 aliphatic carbocycles. The van der Waals surface area contributed by atoms with E-state index in [1.165, 1.54) is 13.2 Å². The summed E-state index contributed by atoms with van der Waals surface area (Å²) < 4.78 is 11.1. The van der Waals surface area contributed by atoms with E-state index in [4.69, 9.17) is 9.47 Å². The van der Waals surface area contributed by atoms with Gasteiger partial charge in [-0.3, -0.25) is 0 Å². The van der Waals surface area contributed by atoms with E-state index in [0.717, 1.165) is 5.56 Å². The summed E-state index contributed by atoms with van der Waals surface area (Å²) in [5, 5.41) is 22.6. The first-order valence-corrected chi connectivity index (χ1v) is 6.57. The first-order valence-electron chi connectivity index (χ1n) is 6.57. The molecule has 21 heavy (non-hydrogen) atoms. The summed E-state index contributed by atoms with van der Waals surface area (Å²) in [6.07, 6.45) is 0.115. The Morgan fingerprint density at radius 3 is 2.67 bits per heavy atom.